The molecule has 0 spiro atoms. The fourth-order valence-corrected chi connectivity index (χ4v) is 5.91. The minimum Gasteiger partial charge on any atom is -0.508 e. The Morgan fingerprint density at radius 1 is 1.10 bits per heavy atom. The van der Waals surface area contributed by atoms with Crippen LogP contribution in [0.15, 0.2) is 59.8 Å². The van der Waals surface area contributed by atoms with Gasteiger partial charge in [-0.05, 0) is 29.8 Å². The van der Waals surface area contributed by atoms with Crippen molar-refractivity contribution in [1.82, 2.24) is 25.7 Å². The van der Waals surface area contributed by atoms with Crippen molar-refractivity contribution in [2.75, 3.05) is 12.4 Å². The molecule has 0 bridgehead atoms. The van der Waals surface area contributed by atoms with Gasteiger partial charge in [-0.25, -0.2) is 4.79 Å². The number of ether oxygens (including phenoxy) is 1. The number of aromatic hydroxyl groups is 2. The zero-order valence-corrected chi connectivity index (χ0v) is 22.6. The Bertz CT molecular complexity index is 1660. The molecule has 1 unspecified atom stereocenters. The van der Waals surface area contributed by atoms with E-state index in [4.69, 9.17) is 4.74 Å². The molecular weight excluding hydrogens is 570 g/mol. The van der Waals surface area contributed by atoms with Crippen molar-refractivity contribution in [3.8, 4) is 11.5 Å². The second-order valence-corrected chi connectivity index (χ2v) is 10.5. The SMILES string of the molecule is CC(=O)OCC1=C(C(=O)O)N2C(=O)[C@@H](NC(=O)C(NC(=O)c3nnc4ccccc4c3O)c3ccc(O)cc3)[C@H]2SC1. The van der Waals surface area contributed by atoms with Crippen molar-refractivity contribution in [2.45, 2.75) is 24.4 Å². The molecule has 42 heavy (non-hydrogen) atoms. The second-order valence-electron chi connectivity index (χ2n) is 9.35. The number of β-lactam (4-membered cyclic amide) rings is 1. The third-order valence-corrected chi connectivity index (χ3v) is 7.96. The van der Waals surface area contributed by atoms with E-state index in [1.807, 2.05) is 0 Å². The standard InChI is InChI=1S/C27H23N5O9S/c1-12(33)41-10-14-11-42-26-20(25(38)32(26)21(14)27(39)40)29-23(36)18(13-6-8-15(34)9-7-13)28-24(37)19-22(35)16-4-2-3-5-17(16)30-31-19/h2-9,18,20,26,34H,10-11H2,1H3,(H,28,37)(H,29,36)(H,30,35)(H,39,40)/t18?,20-,26-/m1/s1. The molecule has 1 saturated heterocycles. The minimum absolute atomic E-state index is 0.0942. The van der Waals surface area contributed by atoms with E-state index >= 15 is 0 Å². The number of rotatable bonds is 8. The van der Waals surface area contributed by atoms with Gasteiger partial charge in [-0.3, -0.25) is 24.1 Å². The van der Waals surface area contributed by atoms with Crippen molar-refractivity contribution in [3.63, 3.8) is 0 Å². The smallest absolute Gasteiger partial charge is 0.352 e. The minimum atomic E-state index is -1.41. The van der Waals surface area contributed by atoms with Gasteiger partial charge >= 0.3 is 11.9 Å². The molecular formula is C27H23N5O9S. The number of hydrogen-bond acceptors (Lipinski definition) is 11. The van der Waals surface area contributed by atoms with Gasteiger partial charge in [0.05, 0.1) is 5.52 Å². The number of phenols is 1. The van der Waals surface area contributed by atoms with Crippen molar-refractivity contribution in [2.24, 2.45) is 0 Å². The summed E-state index contributed by atoms with van der Waals surface area (Å²) in [5.41, 5.74) is 0.0761. The van der Waals surface area contributed by atoms with Crippen LogP contribution in [0.5, 0.6) is 11.5 Å². The number of nitrogens with zero attached hydrogens (tertiary/aromatic N) is 3. The van der Waals surface area contributed by atoms with Crippen molar-refractivity contribution >= 4 is 52.3 Å². The fraction of sp³-hybridized carbons (Fsp3) is 0.222. The number of aliphatic carboxylic acids is 1. The first-order valence-electron chi connectivity index (χ1n) is 12.4. The lowest BCUT2D eigenvalue weighted by molar-refractivity contribution is -0.151. The Kier molecular flexibility index (Phi) is 7.67. The summed E-state index contributed by atoms with van der Waals surface area (Å²) in [6.07, 6.45) is 0. The monoisotopic (exact) mass is 593 g/mol. The molecule has 1 fully saturated rings. The normalized spacial score (nSPS) is 18.5. The molecule has 1 aromatic heterocycles. The highest BCUT2D eigenvalue weighted by Gasteiger charge is 2.54. The number of carboxylic acid groups (broad SMARTS) is 1. The molecule has 3 aromatic rings. The van der Waals surface area contributed by atoms with E-state index in [9.17, 15) is 39.3 Å². The number of esters is 1. The molecule has 0 saturated carbocycles. The van der Waals surface area contributed by atoms with E-state index in [1.54, 1.807) is 24.3 Å². The van der Waals surface area contributed by atoms with Crippen molar-refractivity contribution in [1.29, 1.82) is 0 Å². The summed E-state index contributed by atoms with van der Waals surface area (Å²) in [5, 5.41) is 42.5. The van der Waals surface area contributed by atoms with Crippen molar-refractivity contribution < 1.29 is 44.0 Å². The lowest BCUT2D eigenvalue weighted by atomic mass is 10.0. The average Bonchev–Trinajstić information content (AvgIpc) is 2.97. The number of fused-ring (bicyclic) bond motifs is 2. The van der Waals surface area contributed by atoms with Gasteiger partial charge in [0.1, 0.15) is 35.5 Å². The summed E-state index contributed by atoms with van der Waals surface area (Å²) in [7, 11) is 0. The van der Waals surface area contributed by atoms with Crippen LogP contribution in [-0.4, -0.2) is 83.9 Å². The Labute approximate surface area is 241 Å². The first kappa shape index (κ1) is 28.4. The van der Waals surface area contributed by atoms with Crippen LogP contribution in [0.25, 0.3) is 10.9 Å². The second kappa shape index (κ2) is 11.4. The van der Waals surface area contributed by atoms with Gasteiger partial charge in [-0.2, -0.15) is 0 Å². The van der Waals surface area contributed by atoms with E-state index < -0.39 is 58.6 Å². The quantitative estimate of drug-likeness (QED) is 0.182. The maximum Gasteiger partial charge on any atom is 0.352 e. The Morgan fingerprint density at radius 2 is 1.81 bits per heavy atom. The molecule has 5 rings (SSSR count). The molecule has 2 aliphatic heterocycles. The molecule has 3 atom stereocenters. The van der Waals surface area contributed by atoms with Gasteiger partial charge in [0.25, 0.3) is 11.8 Å². The highest BCUT2D eigenvalue weighted by molar-refractivity contribution is 8.00. The number of benzene rings is 2. The summed E-state index contributed by atoms with van der Waals surface area (Å²) < 4.78 is 4.92. The van der Waals surface area contributed by atoms with Crippen LogP contribution < -0.4 is 10.6 Å². The van der Waals surface area contributed by atoms with Gasteiger partial charge in [0.2, 0.25) is 5.91 Å². The predicted molar refractivity (Wildman–Crippen MR) is 146 cm³/mol. The molecule has 2 aromatic carbocycles. The first-order chi connectivity index (χ1) is 20.1. The Balaban J connectivity index is 1.38. The Hall–Kier alpha value is -5.18. The third-order valence-electron chi connectivity index (χ3n) is 6.62. The zero-order chi connectivity index (χ0) is 30.1. The maximum atomic E-state index is 13.5. The van der Waals surface area contributed by atoms with Crippen LogP contribution in [-0.2, 0) is 23.9 Å². The summed E-state index contributed by atoms with van der Waals surface area (Å²) in [5.74, 6) is -4.84. The van der Waals surface area contributed by atoms with Crippen LogP contribution in [0.2, 0.25) is 0 Å². The molecule has 0 aliphatic carbocycles. The number of amides is 3. The third kappa shape index (κ3) is 5.28. The van der Waals surface area contributed by atoms with Crippen LogP contribution in [0, 0.1) is 0 Å². The topological polar surface area (TPSA) is 208 Å². The molecule has 5 N–H and O–H groups in total. The molecule has 15 heteroatoms. The molecule has 3 amide bonds. The van der Waals surface area contributed by atoms with E-state index in [0.717, 1.165) is 4.90 Å². The molecule has 3 heterocycles. The predicted octanol–water partition coefficient (Wildman–Crippen LogP) is 0.814. The van der Waals surface area contributed by atoms with E-state index in [1.165, 1.54) is 43.0 Å². The largest absolute Gasteiger partial charge is 0.508 e. The van der Waals surface area contributed by atoms with Crippen LogP contribution >= 0.6 is 11.8 Å². The maximum absolute atomic E-state index is 13.5. The number of carboxylic acids is 1. The molecule has 14 nitrogen and oxygen atoms in total. The van der Waals surface area contributed by atoms with E-state index in [-0.39, 0.29) is 40.3 Å². The number of nitrogens with one attached hydrogen (secondary N) is 2. The highest BCUT2D eigenvalue weighted by atomic mass is 32.2. The molecule has 2 aliphatic rings. The van der Waals surface area contributed by atoms with Gasteiger partial charge in [0.15, 0.2) is 11.4 Å². The van der Waals surface area contributed by atoms with Crippen molar-refractivity contribution in [3.05, 3.63) is 71.1 Å². The van der Waals surface area contributed by atoms with Gasteiger partial charge in [-0.15, -0.1) is 22.0 Å². The number of thioether (sulfide) groups is 1. The number of hydrogen-bond donors (Lipinski definition) is 5. The summed E-state index contributed by atoms with van der Waals surface area (Å²) in [4.78, 5) is 64.0. The summed E-state index contributed by atoms with van der Waals surface area (Å²) >= 11 is 1.18. The number of carbonyl (C=O) groups excluding carboxylic acids is 4. The number of phenolic OH excluding ortho intramolecular Hbond substituents is 1. The number of carbonyl (C=O) groups is 5. The first-order valence-corrected chi connectivity index (χ1v) is 13.5. The van der Waals surface area contributed by atoms with Gasteiger partial charge in [0, 0.05) is 23.6 Å². The average molecular weight is 594 g/mol. The molecule has 216 valence electrons. The zero-order valence-electron chi connectivity index (χ0n) is 21.8. The van der Waals surface area contributed by atoms with Crippen LogP contribution in [0.1, 0.15) is 29.0 Å². The number of aromatic nitrogens is 2. The summed E-state index contributed by atoms with van der Waals surface area (Å²) in [6, 6.07) is 9.33. The van der Waals surface area contributed by atoms with Gasteiger partial charge < -0.3 is 30.7 Å². The van der Waals surface area contributed by atoms with Crippen LogP contribution in [0.3, 0.4) is 0 Å². The lowest BCUT2D eigenvalue weighted by Crippen LogP contribution is -2.71. The van der Waals surface area contributed by atoms with Gasteiger partial charge in [-0.1, -0.05) is 24.3 Å². The molecule has 0 radical (unpaired) electrons. The highest BCUT2D eigenvalue weighted by Crippen LogP contribution is 2.40. The van der Waals surface area contributed by atoms with E-state index in [2.05, 4.69) is 20.8 Å². The summed E-state index contributed by atoms with van der Waals surface area (Å²) in [6.45, 7) is 0.883. The Morgan fingerprint density at radius 3 is 2.50 bits per heavy atom. The fourth-order valence-electron chi connectivity index (χ4n) is 4.58. The van der Waals surface area contributed by atoms with Crippen LogP contribution in [0.4, 0.5) is 0 Å². The lowest BCUT2D eigenvalue weighted by Gasteiger charge is -2.49. The van der Waals surface area contributed by atoms with E-state index in [0.29, 0.717) is 5.52 Å².